The van der Waals surface area contributed by atoms with Crippen LogP contribution in [0.3, 0.4) is 0 Å². The number of aromatic nitrogens is 4. The molecular formula is C17H17FN4OS. The topological polar surface area (TPSA) is 52.8 Å². The molecule has 2 aromatic heterocycles. The van der Waals surface area contributed by atoms with Gasteiger partial charge in [0.05, 0.1) is 6.61 Å². The Labute approximate surface area is 143 Å². The molecule has 24 heavy (non-hydrogen) atoms. The summed E-state index contributed by atoms with van der Waals surface area (Å²) in [6, 6.07) is 9.88. The summed E-state index contributed by atoms with van der Waals surface area (Å²) < 4.78 is 20.3. The lowest BCUT2D eigenvalue weighted by molar-refractivity contribution is 0.318. The zero-order chi connectivity index (χ0) is 16.8. The molecule has 3 aromatic rings. The van der Waals surface area contributed by atoms with Crippen LogP contribution in [0, 0.1) is 5.82 Å². The van der Waals surface area contributed by atoms with Gasteiger partial charge in [0.15, 0.2) is 11.0 Å². The van der Waals surface area contributed by atoms with E-state index in [4.69, 9.17) is 4.74 Å². The van der Waals surface area contributed by atoms with Crippen molar-refractivity contribution in [2.75, 3.05) is 12.4 Å². The van der Waals surface area contributed by atoms with E-state index < -0.39 is 0 Å². The number of rotatable bonds is 7. The Kier molecular flexibility index (Phi) is 5.43. The normalized spacial score (nSPS) is 10.8. The predicted molar refractivity (Wildman–Crippen MR) is 91.5 cm³/mol. The summed E-state index contributed by atoms with van der Waals surface area (Å²) in [6.45, 7) is 0.575. The quantitative estimate of drug-likeness (QED) is 0.484. The van der Waals surface area contributed by atoms with Gasteiger partial charge in [0.2, 0.25) is 0 Å². The molecule has 5 nitrogen and oxygen atoms in total. The van der Waals surface area contributed by atoms with Crippen molar-refractivity contribution in [3.63, 3.8) is 0 Å². The van der Waals surface area contributed by atoms with E-state index >= 15 is 0 Å². The number of ether oxygens (including phenoxy) is 1. The van der Waals surface area contributed by atoms with E-state index in [9.17, 15) is 4.39 Å². The second kappa shape index (κ2) is 7.92. The fraction of sp³-hybridized carbons (Fsp3) is 0.235. The van der Waals surface area contributed by atoms with E-state index in [-0.39, 0.29) is 5.82 Å². The molecule has 0 fully saturated rings. The molecule has 0 aliphatic heterocycles. The van der Waals surface area contributed by atoms with E-state index in [0.717, 1.165) is 28.7 Å². The molecule has 0 spiro atoms. The third-order valence-corrected chi connectivity index (χ3v) is 4.46. The van der Waals surface area contributed by atoms with Crippen LogP contribution in [0.15, 0.2) is 53.9 Å². The average molecular weight is 344 g/mol. The monoisotopic (exact) mass is 344 g/mol. The highest BCUT2D eigenvalue weighted by Gasteiger charge is 2.10. The minimum absolute atomic E-state index is 0.260. The van der Waals surface area contributed by atoms with Gasteiger partial charge >= 0.3 is 0 Å². The molecule has 1 aromatic carbocycles. The van der Waals surface area contributed by atoms with Crippen molar-refractivity contribution >= 4 is 11.8 Å². The van der Waals surface area contributed by atoms with E-state index in [1.165, 1.54) is 12.1 Å². The van der Waals surface area contributed by atoms with Crippen molar-refractivity contribution in [2.45, 2.75) is 11.6 Å². The highest BCUT2D eigenvalue weighted by Crippen LogP contribution is 2.22. The van der Waals surface area contributed by atoms with Gasteiger partial charge in [0.25, 0.3) is 0 Å². The molecule has 3 rings (SSSR count). The van der Waals surface area contributed by atoms with Gasteiger partial charge in [0, 0.05) is 30.8 Å². The second-order valence-electron chi connectivity index (χ2n) is 5.11. The first-order valence-electron chi connectivity index (χ1n) is 7.55. The van der Waals surface area contributed by atoms with Crippen molar-refractivity contribution in [1.29, 1.82) is 0 Å². The van der Waals surface area contributed by atoms with Gasteiger partial charge in [-0.25, -0.2) is 4.39 Å². The molecule has 2 heterocycles. The molecular weight excluding hydrogens is 327 g/mol. The van der Waals surface area contributed by atoms with Crippen molar-refractivity contribution in [2.24, 2.45) is 7.05 Å². The summed E-state index contributed by atoms with van der Waals surface area (Å²) in [5.41, 5.74) is 0.944. The van der Waals surface area contributed by atoms with Gasteiger partial charge in [-0.15, -0.1) is 10.2 Å². The second-order valence-corrected chi connectivity index (χ2v) is 6.17. The number of hydrogen-bond acceptors (Lipinski definition) is 5. The van der Waals surface area contributed by atoms with Crippen LogP contribution in [-0.2, 0) is 7.05 Å². The molecule has 0 bridgehead atoms. The highest BCUT2D eigenvalue weighted by molar-refractivity contribution is 7.99. The van der Waals surface area contributed by atoms with Crippen LogP contribution in [0.25, 0.3) is 11.4 Å². The third kappa shape index (κ3) is 4.11. The first kappa shape index (κ1) is 16.4. The number of hydrogen-bond donors (Lipinski definition) is 0. The number of nitrogens with zero attached hydrogens (tertiary/aromatic N) is 4. The van der Waals surface area contributed by atoms with Crippen LogP contribution in [0.5, 0.6) is 5.75 Å². The Bertz CT molecular complexity index is 777. The third-order valence-electron chi connectivity index (χ3n) is 3.36. The number of benzene rings is 1. The van der Waals surface area contributed by atoms with Crippen molar-refractivity contribution in [3.05, 3.63) is 54.6 Å². The van der Waals surface area contributed by atoms with Crippen LogP contribution in [-0.4, -0.2) is 32.1 Å². The Morgan fingerprint density at radius 1 is 1.17 bits per heavy atom. The lowest BCUT2D eigenvalue weighted by Gasteiger charge is -2.06. The van der Waals surface area contributed by atoms with Crippen molar-refractivity contribution in [1.82, 2.24) is 19.7 Å². The number of halogens is 1. The fourth-order valence-corrected chi connectivity index (χ4v) is 2.95. The zero-order valence-corrected chi connectivity index (χ0v) is 14.0. The van der Waals surface area contributed by atoms with Crippen LogP contribution in [0.4, 0.5) is 4.39 Å². The molecule has 0 saturated heterocycles. The Balaban J connectivity index is 1.47. The van der Waals surface area contributed by atoms with Crippen molar-refractivity contribution in [3.8, 4) is 17.1 Å². The molecule has 0 unspecified atom stereocenters. The summed E-state index contributed by atoms with van der Waals surface area (Å²) >= 11 is 1.63. The summed E-state index contributed by atoms with van der Waals surface area (Å²) in [4.78, 5) is 4.10. The molecule has 0 atom stereocenters. The summed E-state index contributed by atoms with van der Waals surface area (Å²) in [5, 5.41) is 9.31. The van der Waals surface area contributed by atoms with E-state index in [2.05, 4.69) is 15.2 Å². The van der Waals surface area contributed by atoms with Crippen LogP contribution < -0.4 is 4.74 Å². The van der Waals surface area contributed by atoms with Gasteiger partial charge in [0.1, 0.15) is 11.6 Å². The fourth-order valence-electron chi connectivity index (χ4n) is 2.13. The van der Waals surface area contributed by atoms with E-state index in [0.29, 0.717) is 12.4 Å². The summed E-state index contributed by atoms with van der Waals surface area (Å²) in [5.74, 6) is 2.08. The largest absolute Gasteiger partial charge is 0.494 e. The maximum atomic E-state index is 12.8. The Morgan fingerprint density at radius 3 is 2.75 bits per heavy atom. The molecule has 0 aliphatic carbocycles. The summed E-state index contributed by atoms with van der Waals surface area (Å²) in [7, 11) is 1.94. The van der Waals surface area contributed by atoms with Gasteiger partial charge in [-0.1, -0.05) is 11.8 Å². The van der Waals surface area contributed by atoms with Gasteiger partial charge in [-0.05, 0) is 42.8 Å². The molecule has 0 aliphatic rings. The Hall–Kier alpha value is -2.41. The first-order valence-corrected chi connectivity index (χ1v) is 8.53. The zero-order valence-electron chi connectivity index (χ0n) is 13.2. The van der Waals surface area contributed by atoms with E-state index in [1.807, 2.05) is 23.7 Å². The molecule has 0 amide bonds. The first-order chi connectivity index (χ1) is 11.7. The highest BCUT2D eigenvalue weighted by atomic mass is 32.2. The number of thioether (sulfide) groups is 1. The number of pyridine rings is 1. The van der Waals surface area contributed by atoms with Crippen molar-refractivity contribution < 1.29 is 9.13 Å². The lowest BCUT2D eigenvalue weighted by Crippen LogP contribution is -2.00. The van der Waals surface area contributed by atoms with Crippen LogP contribution in [0.2, 0.25) is 0 Å². The van der Waals surface area contributed by atoms with Crippen LogP contribution >= 0.6 is 11.8 Å². The molecule has 7 heteroatoms. The lowest BCUT2D eigenvalue weighted by atomic mass is 10.3. The minimum atomic E-state index is -0.260. The van der Waals surface area contributed by atoms with Gasteiger partial charge in [-0.3, -0.25) is 4.98 Å². The minimum Gasteiger partial charge on any atom is -0.494 e. The predicted octanol–water partition coefficient (Wildman–Crippen LogP) is 3.58. The molecule has 0 radical (unpaired) electrons. The SMILES string of the molecule is Cn1c(SCCCOc2ccc(F)cc2)nnc1-c1cccnc1. The van der Waals surface area contributed by atoms with Crippen LogP contribution in [0.1, 0.15) is 6.42 Å². The average Bonchev–Trinajstić information content (AvgIpc) is 2.98. The standard InChI is InChI=1S/C17H17FN4OS/c1-22-16(13-4-2-9-19-12-13)20-21-17(22)24-11-3-10-23-15-7-5-14(18)6-8-15/h2,4-9,12H,3,10-11H2,1H3. The van der Waals surface area contributed by atoms with Gasteiger partial charge in [-0.2, -0.15) is 0 Å². The summed E-state index contributed by atoms with van der Waals surface area (Å²) in [6.07, 6.45) is 4.36. The molecule has 0 saturated carbocycles. The van der Waals surface area contributed by atoms with E-state index in [1.54, 1.807) is 36.3 Å². The van der Waals surface area contributed by atoms with Gasteiger partial charge < -0.3 is 9.30 Å². The molecule has 0 N–H and O–H groups in total. The Morgan fingerprint density at radius 2 is 2.00 bits per heavy atom. The maximum absolute atomic E-state index is 12.8. The smallest absolute Gasteiger partial charge is 0.191 e. The maximum Gasteiger partial charge on any atom is 0.191 e. The molecule has 124 valence electrons.